The molecule has 7 heteroatoms. The molecule has 0 heterocycles. The molecule has 106 valence electrons. The van der Waals surface area contributed by atoms with Crippen LogP contribution >= 0.6 is 0 Å². The van der Waals surface area contributed by atoms with E-state index in [-0.39, 0.29) is 6.54 Å². The Bertz CT molecular complexity index is 486. The summed E-state index contributed by atoms with van der Waals surface area (Å²) in [6.45, 7) is 1.05. The molecule has 0 saturated heterocycles. The van der Waals surface area contributed by atoms with E-state index in [0.29, 0.717) is 19.6 Å². The number of hydrogen-bond donors (Lipinski definition) is 2. The first-order valence-corrected chi connectivity index (χ1v) is 7.45. The average molecular weight is 287 g/mol. The largest absolute Gasteiger partial charge is 0.480 e. The van der Waals surface area contributed by atoms with Gasteiger partial charge in [0.05, 0.1) is 6.61 Å². The molecule has 0 amide bonds. The van der Waals surface area contributed by atoms with Gasteiger partial charge in [0.1, 0.15) is 0 Å². The van der Waals surface area contributed by atoms with E-state index in [4.69, 9.17) is 9.84 Å². The van der Waals surface area contributed by atoms with Gasteiger partial charge in [-0.05, 0) is 12.0 Å². The lowest BCUT2D eigenvalue weighted by molar-refractivity contribution is -0.134. The fraction of sp³-hybridized carbons (Fsp3) is 0.417. The number of hydrogen-bond acceptors (Lipinski definition) is 4. The molecule has 0 bridgehead atoms. The summed E-state index contributed by atoms with van der Waals surface area (Å²) in [5, 5.41) is 8.37. The molecule has 2 N–H and O–H groups in total. The molecular formula is C12H17NO5S. The summed E-state index contributed by atoms with van der Waals surface area (Å²) in [5.41, 5.74) is 1.05. The Morgan fingerprint density at radius 2 is 1.95 bits per heavy atom. The first-order chi connectivity index (χ1) is 8.99. The number of sulfonamides is 1. The fourth-order valence-corrected chi connectivity index (χ4v) is 2.26. The predicted octanol–water partition coefficient (Wildman–Crippen LogP) is 0.597. The van der Waals surface area contributed by atoms with Crippen LogP contribution in [-0.4, -0.2) is 38.4 Å². The van der Waals surface area contributed by atoms with Crippen LogP contribution in [0, 0.1) is 0 Å². The molecule has 0 unspecified atom stereocenters. The van der Waals surface area contributed by atoms with E-state index in [1.165, 1.54) is 0 Å². The number of ether oxygens (including phenoxy) is 1. The molecule has 0 aromatic heterocycles. The summed E-state index contributed by atoms with van der Waals surface area (Å²) < 4.78 is 29.9. The van der Waals surface area contributed by atoms with Gasteiger partial charge in [-0.25, -0.2) is 13.1 Å². The number of rotatable bonds is 9. The van der Waals surface area contributed by atoms with Crippen LogP contribution in [0.3, 0.4) is 0 Å². The van der Waals surface area contributed by atoms with Crippen molar-refractivity contribution < 1.29 is 23.1 Å². The lowest BCUT2D eigenvalue weighted by atomic mass is 10.2. The fourth-order valence-electron chi connectivity index (χ4n) is 1.38. The van der Waals surface area contributed by atoms with Crippen LogP contribution in [0.15, 0.2) is 30.3 Å². The molecule has 6 nitrogen and oxygen atoms in total. The summed E-state index contributed by atoms with van der Waals surface area (Å²) in [5.74, 6) is -2.27. The molecule has 0 radical (unpaired) electrons. The van der Waals surface area contributed by atoms with Gasteiger partial charge in [-0.2, -0.15) is 0 Å². The van der Waals surface area contributed by atoms with E-state index >= 15 is 0 Å². The van der Waals surface area contributed by atoms with Crippen molar-refractivity contribution in [3.63, 3.8) is 0 Å². The van der Waals surface area contributed by atoms with Crippen LogP contribution in [0.5, 0.6) is 0 Å². The normalized spacial score (nSPS) is 11.4. The summed E-state index contributed by atoms with van der Waals surface area (Å²) in [4.78, 5) is 10.3. The highest BCUT2D eigenvalue weighted by Crippen LogP contribution is 2.00. The van der Waals surface area contributed by atoms with E-state index in [0.717, 1.165) is 5.56 Å². The molecular weight excluding hydrogens is 270 g/mol. The van der Waals surface area contributed by atoms with Crippen LogP contribution in [-0.2, 0) is 26.2 Å². The average Bonchev–Trinajstić information content (AvgIpc) is 2.33. The molecule has 0 spiro atoms. The van der Waals surface area contributed by atoms with Crippen molar-refractivity contribution in [2.75, 3.05) is 18.9 Å². The first-order valence-electron chi connectivity index (χ1n) is 5.80. The van der Waals surface area contributed by atoms with Crippen LogP contribution in [0.2, 0.25) is 0 Å². The van der Waals surface area contributed by atoms with Crippen molar-refractivity contribution in [1.82, 2.24) is 4.72 Å². The van der Waals surface area contributed by atoms with Crippen LogP contribution in [0.4, 0.5) is 0 Å². The highest BCUT2D eigenvalue weighted by atomic mass is 32.2. The minimum atomic E-state index is -3.73. The summed E-state index contributed by atoms with van der Waals surface area (Å²) in [7, 11) is -3.73. The first kappa shape index (κ1) is 15.6. The summed E-state index contributed by atoms with van der Waals surface area (Å²) in [6.07, 6.45) is 0.492. The Kier molecular flexibility index (Phi) is 6.48. The van der Waals surface area contributed by atoms with Gasteiger partial charge in [0.2, 0.25) is 10.0 Å². The van der Waals surface area contributed by atoms with Gasteiger partial charge >= 0.3 is 5.97 Å². The molecule has 19 heavy (non-hydrogen) atoms. The number of carboxylic acid groups (broad SMARTS) is 1. The maximum Gasteiger partial charge on any atom is 0.320 e. The van der Waals surface area contributed by atoms with Gasteiger partial charge in [0, 0.05) is 13.2 Å². The zero-order chi connectivity index (χ0) is 14.1. The second kappa shape index (κ2) is 7.88. The Morgan fingerprint density at radius 3 is 2.58 bits per heavy atom. The predicted molar refractivity (Wildman–Crippen MR) is 70.1 cm³/mol. The highest BCUT2D eigenvalue weighted by molar-refractivity contribution is 7.90. The van der Waals surface area contributed by atoms with Crippen LogP contribution < -0.4 is 4.72 Å². The third-order valence-electron chi connectivity index (χ3n) is 2.21. The van der Waals surface area contributed by atoms with E-state index in [9.17, 15) is 13.2 Å². The smallest absolute Gasteiger partial charge is 0.320 e. The van der Waals surface area contributed by atoms with Crippen molar-refractivity contribution in [2.45, 2.75) is 13.0 Å². The lowest BCUT2D eigenvalue weighted by Gasteiger charge is -2.06. The molecule has 0 fully saturated rings. The number of nitrogens with one attached hydrogen (secondary N) is 1. The Balaban J connectivity index is 2.10. The highest BCUT2D eigenvalue weighted by Gasteiger charge is 2.14. The number of aliphatic carboxylic acids is 1. The van der Waals surface area contributed by atoms with Crippen molar-refractivity contribution >= 4 is 16.0 Å². The van der Waals surface area contributed by atoms with Crippen molar-refractivity contribution in [3.8, 4) is 0 Å². The molecule has 0 aliphatic carbocycles. The Hall–Kier alpha value is -1.44. The van der Waals surface area contributed by atoms with Gasteiger partial charge in [-0.15, -0.1) is 0 Å². The van der Waals surface area contributed by atoms with E-state index < -0.39 is 21.7 Å². The molecule has 1 aromatic rings. The van der Waals surface area contributed by atoms with Gasteiger partial charge < -0.3 is 9.84 Å². The molecule has 1 rings (SSSR count). The van der Waals surface area contributed by atoms with Crippen molar-refractivity contribution in [1.29, 1.82) is 0 Å². The molecule has 0 aliphatic rings. The van der Waals surface area contributed by atoms with E-state index in [1.807, 2.05) is 30.3 Å². The third-order valence-corrected chi connectivity index (χ3v) is 3.48. The van der Waals surface area contributed by atoms with Gasteiger partial charge in [0.25, 0.3) is 0 Å². The van der Waals surface area contributed by atoms with Gasteiger partial charge in [-0.3, -0.25) is 4.79 Å². The van der Waals surface area contributed by atoms with Crippen LogP contribution in [0.1, 0.15) is 12.0 Å². The lowest BCUT2D eigenvalue weighted by Crippen LogP contribution is -2.31. The molecule has 0 saturated carbocycles. The standard InChI is InChI=1S/C12H17NO5S/c14-12(15)10-19(16,17)13-7-4-8-18-9-11-5-2-1-3-6-11/h1-3,5-6,13H,4,7-10H2,(H,14,15). The van der Waals surface area contributed by atoms with Crippen LogP contribution in [0.25, 0.3) is 0 Å². The van der Waals surface area contributed by atoms with E-state index in [2.05, 4.69) is 4.72 Å². The quantitative estimate of drug-likeness (QED) is 0.649. The molecule has 0 atom stereocenters. The molecule has 0 aliphatic heterocycles. The number of carboxylic acids is 1. The van der Waals surface area contributed by atoms with Crippen molar-refractivity contribution in [3.05, 3.63) is 35.9 Å². The second-order valence-electron chi connectivity index (χ2n) is 3.94. The maximum atomic E-state index is 11.2. The topological polar surface area (TPSA) is 92.7 Å². The summed E-state index contributed by atoms with van der Waals surface area (Å²) in [6, 6.07) is 9.63. The summed E-state index contributed by atoms with van der Waals surface area (Å²) >= 11 is 0. The SMILES string of the molecule is O=C(O)CS(=O)(=O)NCCCOCc1ccccc1. The second-order valence-corrected chi connectivity index (χ2v) is 5.75. The van der Waals surface area contributed by atoms with Gasteiger partial charge in [-0.1, -0.05) is 30.3 Å². The van der Waals surface area contributed by atoms with E-state index in [1.54, 1.807) is 0 Å². The molecule has 1 aromatic carbocycles. The number of carbonyl (C=O) groups is 1. The minimum Gasteiger partial charge on any atom is -0.480 e. The van der Waals surface area contributed by atoms with Crippen molar-refractivity contribution in [2.24, 2.45) is 0 Å². The zero-order valence-corrected chi connectivity index (χ0v) is 11.2. The zero-order valence-electron chi connectivity index (χ0n) is 10.4. The number of benzene rings is 1. The maximum absolute atomic E-state index is 11.2. The Labute approximate surface area is 112 Å². The third kappa shape index (κ3) is 7.55. The minimum absolute atomic E-state index is 0.171. The Morgan fingerprint density at radius 1 is 1.26 bits per heavy atom. The van der Waals surface area contributed by atoms with Gasteiger partial charge in [0.15, 0.2) is 5.75 Å². The monoisotopic (exact) mass is 287 g/mol.